The minimum Gasteiger partial charge on any atom is -0.506 e. The van der Waals surface area contributed by atoms with Crippen LogP contribution in [-0.4, -0.2) is 87.9 Å². The number of hydrogen-bond donors (Lipinski definition) is 5. The van der Waals surface area contributed by atoms with Crippen molar-refractivity contribution in [2.24, 2.45) is 11.8 Å². The molecule has 12 nitrogen and oxygen atoms in total. The quantitative estimate of drug-likeness (QED) is 0.0742. The lowest BCUT2D eigenvalue weighted by molar-refractivity contribution is -0.164. The first kappa shape index (κ1) is 42.4. The van der Waals surface area contributed by atoms with E-state index in [1.807, 2.05) is 24.3 Å². The van der Waals surface area contributed by atoms with Gasteiger partial charge in [-0.25, -0.2) is 4.79 Å². The second-order valence-electron chi connectivity index (χ2n) is 16.4. The van der Waals surface area contributed by atoms with Gasteiger partial charge < -0.3 is 40.0 Å². The molecule has 5 aromatic carbocycles. The van der Waals surface area contributed by atoms with Gasteiger partial charge in [-0.05, 0) is 90.5 Å². The van der Waals surface area contributed by atoms with E-state index in [4.69, 9.17) is 9.47 Å². The van der Waals surface area contributed by atoms with Crippen molar-refractivity contribution in [1.29, 1.82) is 0 Å². The van der Waals surface area contributed by atoms with Crippen LogP contribution in [0.2, 0.25) is 0 Å². The third kappa shape index (κ3) is 9.74. The molecule has 2 fully saturated rings. The van der Waals surface area contributed by atoms with E-state index in [0.29, 0.717) is 59.6 Å². The maximum atomic E-state index is 13.9. The van der Waals surface area contributed by atoms with Crippen molar-refractivity contribution in [1.82, 2.24) is 20.1 Å². The van der Waals surface area contributed by atoms with Crippen LogP contribution in [0.1, 0.15) is 57.1 Å². The van der Waals surface area contributed by atoms with E-state index in [0.717, 1.165) is 38.0 Å². The van der Waals surface area contributed by atoms with Gasteiger partial charge in [0.15, 0.2) is 0 Å². The molecular formula is C50H52N4O8. The Morgan fingerprint density at radius 2 is 1.50 bits per heavy atom. The standard InChI is InChI=1S/C50H52N4O8/c55-44-20-18-42(43-19-21-46(57)52-47(43)44)45(56)28-51-27-34-14-16-38(17-15-34)48(58)54-30-37(31-54)33-61-41-13-7-12-40(26-41)50(60,39-10-5-2-6-11-39)49(59)62-32-36-22-24-53(25-23-36)29-35-8-3-1-4-9-35/h1-21,26,36-37,45,51,55-56,60H,22-25,27-33H2,(H,52,57). The van der Waals surface area contributed by atoms with Gasteiger partial charge in [0.2, 0.25) is 11.2 Å². The lowest BCUT2D eigenvalue weighted by atomic mass is 9.86. The molecule has 2 aliphatic heterocycles. The number of carbonyl (C=O) groups is 2. The van der Waals surface area contributed by atoms with E-state index in [-0.39, 0.29) is 47.7 Å². The van der Waals surface area contributed by atoms with Gasteiger partial charge in [0.25, 0.3) is 5.91 Å². The predicted octanol–water partition coefficient (Wildman–Crippen LogP) is 5.90. The van der Waals surface area contributed by atoms with Crippen LogP contribution in [0.4, 0.5) is 0 Å². The van der Waals surface area contributed by atoms with Crippen molar-refractivity contribution in [2.45, 2.75) is 37.6 Å². The van der Waals surface area contributed by atoms with E-state index < -0.39 is 17.7 Å². The minimum absolute atomic E-state index is 0.0630. The molecule has 12 heteroatoms. The van der Waals surface area contributed by atoms with E-state index in [9.17, 15) is 29.7 Å². The number of esters is 1. The Labute approximate surface area is 360 Å². The molecule has 2 atom stereocenters. The Hall–Kier alpha value is -6.31. The average molecular weight is 837 g/mol. The summed E-state index contributed by atoms with van der Waals surface area (Å²) in [5.74, 6) is -0.0275. The Morgan fingerprint density at radius 1 is 0.790 bits per heavy atom. The number of ether oxygens (including phenoxy) is 2. The number of rotatable bonds is 16. The highest BCUT2D eigenvalue weighted by Crippen LogP contribution is 2.34. The zero-order chi connectivity index (χ0) is 43.1. The molecule has 0 saturated carbocycles. The predicted molar refractivity (Wildman–Crippen MR) is 236 cm³/mol. The maximum absolute atomic E-state index is 13.9. The molecule has 0 spiro atoms. The van der Waals surface area contributed by atoms with Crippen molar-refractivity contribution < 1.29 is 34.4 Å². The molecule has 0 aliphatic carbocycles. The number of phenolic OH excluding ortho intramolecular Hbond substituents is 1. The Bertz CT molecular complexity index is 2520. The summed E-state index contributed by atoms with van der Waals surface area (Å²) in [6.45, 7) is 5.09. The topological polar surface area (TPSA) is 165 Å². The van der Waals surface area contributed by atoms with Crippen molar-refractivity contribution in [3.8, 4) is 11.5 Å². The fourth-order valence-electron chi connectivity index (χ4n) is 8.36. The van der Waals surface area contributed by atoms with E-state index in [2.05, 4.69) is 39.5 Å². The summed E-state index contributed by atoms with van der Waals surface area (Å²) in [6, 6.07) is 39.6. The molecule has 6 aromatic rings. The first-order valence-corrected chi connectivity index (χ1v) is 21.2. The lowest BCUT2D eigenvalue weighted by Gasteiger charge is -2.39. The molecular weight excluding hydrogens is 785 g/mol. The molecule has 1 aromatic heterocycles. The molecule has 320 valence electrons. The Balaban J connectivity index is 0.803. The van der Waals surface area contributed by atoms with Crippen LogP contribution in [0.25, 0.3) is 10.9 Å². The van der Waals surface area contributed by atoms with Crippen molar-refractivity contribution in [3.05, 3.63) is 177 Å². The fraction of sp³-hybridized carbons (Fsp3) is 0.300. The number of nitrogens with one attached hydrogen (secondary N) is 2. The summed E-state index contributed by atoms with van der Waals surface area (Å²) < 4.78 is 12.1. The number of phenols is 1. The number of aromatic hydroxyl groups is 1. The van der Waals surface area contributed by atoms with Crippen LogP contribution in [0.5, 0.6) is 11.5 Å². The van der Waals surface area contributed by atoms with Crippen molar-refractivity contribution >= 4 is 22.8 Å². The molecule has 3 heterocycles. The van der Waals surface area contributed by atoms with Gasteiger partial charge >= 0.3 is 5.97 Å². The molecule has 0 radical (unpaired) electrons. The van der Waals surface area contributed by atoms with Gasteiger partial charge in [-0.3, -0.25) is 14.5 Å². The molecule has 2 aliphatic rings. The van der Waals surface area contributed by atoms with Crippen LogP contribution in [-0.2, 0) is 28.2 Å². The summed E-state index contributed by atoms with van der Waals surface area (Å²) in [4.78, 5) is 45.7. The number of fused-ring (bicyclic) bond motifs is 1. The highest BCUT2D eigenvalue weighted by molar-refractivity contribution is 5.94. The number of amides is 1. The SMILES string of the molecule is O=C(c1ccc(CNCC(O)c2ccc(O)c3[nH]c(=O)ccc23)cc1)N1CC(COc2cccc(C(O)(C(=O)OCC3CCN(Cc4ccccc4)CC3)c3ccccc3)c2)C1. The summed E-state index contributed by atoms with van der Waals surface area (Å²) in [7, 11) is 0. The number of aromatic amines is 1. The molecule has 0 bridgehead atoms. The average Bonchev–Trinajstić information content (AvgIpc) is 3.29. The van der Waals surface area contributed by atoms with E-state index >= 15 is 0 Å². The summed E-state index contributed by atoms with van der Waals surface area (Å²) in [5, 5.41) is 37.0. The monoisotopic (exact) mass is 836 g/mol. The number of piperidine rings is 1. The van der Waals surface area contributed by atoms with E-state index in [1.165, 1.54) is 17.7 Å². The van der Waals surface area contributed by atoms with Gasteiger partial charge in [0.05, 0.1) is 24.8 Å². The van der Waals surface area contributed by atoms with Gasteiger partial charge in [-0.1, -0.05) is 91.0 Å². The number of benzene rings is 5. The Morgan fingerprint density at radius 3 is 2.24 bits per heavy atom. The second-order valence-corrected chi connectivity index (χ2v) is 16.4. The van der Waals surface area contributed by atoms with Gasteiger partial charge in [0, 0.05) is 61.2 Å². The highest BCUT2D eigenvalue weighted by atomic mass is 16.5. The van der Waals surface area contributed by atoms with Crippen LogP contribution in [0.15, 0.2) is 138 Å². The third-order valence-corrected chi connectivity index (χ3v) is 12.0. The van der Waals surface area contributed by atoms with Crippen molar-refractivity contribution in [3.63, 3.8) is 0 Å². The second kappa shape index (κ2) is 19.2. The number of aliphatic hydroxyl groups is 2. The van der Waals surface area contributed by atoms with Crippen molar-refractivity contribution in [2.75, 3.05) is 45.9 Å². The number of nitrogens with zero attached hydrogens (tertiary/aromatic N) is 2. The number of carbonyl (C=O) groups excluding carboxylic acids is 2. The number of H-pyrrole nitrogens is 1. The van der Waals surface area contributed by atoms with Crippen LogP contribution in [0.3, 0.4) is 0 Å². The number of aliphatic hydroxyl groups excluding tert-OH is 1. The van der Waals surface area contributed by atoms with Gasteiger partial charge in [0.1, 0.15) is 11.5 Å². The molecule has 5 N–H and O–H groups in total. The summed E-state index contributed by atoms with van der Waals surface area (Å²) in [5.41, 5.74) is 2.06. The number of hydrogen-bond acceptors (Lipinski definition) is 10. The number of aromatic nitrogens is 1. The minimum atomic E-state index is -2.03. The largest absolute Gasteiger partial charge is 0.506 e. The number of likely N-dealkylation sites (tertiary alicyclic amines) is 2. The summed E-state index contributed by atoms with van der Waals surface area (Å²) >= 11 is 0. The zero-order valence-electron chi connectivity index (χ0n) is 34.5. The Kier molecular flexibility index (Phi) is 13.1. The molecule has 8 rings (SSSR count). The zero-order valence-corrected chi connectivity index (χ0v) is 34.5. The highest BCUT2D eigenvalue weighted by Gasteiger charge is 2.42. The lowest BCUT2D eigenvalue weighted by Crippen LogP contribution is -2.52. The molecule has 62 heavy (non-hydrogen) atoms. The normalized spacial score (nSPS) is 16.3. The third-order valence-electron chi connectivity index (χ3n) is 12.0. The first-order valence-electron chi connectivity index (χ1n) is 21.2. The fourth-order valence-corrected chi connectivity index (χ4v) is 8.36. The molecule has 1 amide bonds. The molecule has 2 unspecified atom stereocenters. The van der Waals surface area contributed by atoms with E-state index in [1.54, 1.807) is 77.7 Å². The number of pyridine rings is 1. The van der Waals surface area contributed by atoms with Gasteiger partial charge in [-0.2, -0.15) is 0 Å². The van der Waals surface area contributed by atoms with Crippen LogP contribution in [0, 0.1) is 11.8 Å². The molecule has 2 saturated heterocycles. The maximum Gasteiger partial charge on any atom is 0.347 e. The van der Waals surface area contributed by atoms with Crippen LogP contribution >= 0.6 is 0 Å². The smallest absolute Gasteiger partial charge is 0.347 e. The first-order chi connectivity index (χ1) is 30.1. The summed E-state index contributed by atoms with van der Waals surface area (Å²) in [6.07, 6.45) is 0.932. The van der Waals surface area contributed by atoms with Crippen LogP contribution < -0.4 is 15.6 Å². The van der Waals surface area contributed by atoms with Gasteiger partial charge in [-0.15, -0.1) is 0 Å².